The largest absolute Gasteiger partial charge is 0.461 e. The molecule has 0 bridgehead atoms. The Bertz CT molecular complexity index is 1420. The molecule has 164 valence electrons. The van der Waals surface area contributed by atoms with E-state index >= 15 is 0 Å². The average Bonchev–Trinajstić information content (AvgIpc) is 3.29. The topological polar surface area (TPSA) is 134 Å². The number of alkyl halides is 1. The highest BCUT2D eigenvalue weighted by Gasteiger charge is 2.18. The highest BCUT2D eigenvalue weighted by molar-refractivity contribution is 5.78. The molecule has 1 unspecified atom stereocenters. The number of halogens is 1. The van der Waals surface area contributed by atoms with E-state index in [0.29, 0.717) is 12.2 Å². The van der Waals surface area contributed by atoms with Gasteiger partial charge in [0, 0.05) is 14.0 Å². The first-order valence-electron chi connectivity index (χ1n) is 9.64. The third kappa shape index (κ3) is 4.13. The number of benzene rings is 1. The lowest BCUT2D eigenvalue weighted by Crippen LogP contribution is -2.20. The van der Waals surface area contributed by atoms with E-state index < -0.39 is 12.1 Å². The smallest absolute Gasteiger partial charge is 0.437 e. The van der Waals surface area contributed by atoms with Crippen LogP contribution in [0.1, 0.15) is 24.1 Å². The fraction of sp³-hybridized carbons (Fsp3) is 0.300. The number of aromatic nitrogens is 6. The molecular formula is C20H18FN7O4. The first-order valence-corrected chi connectivity index (χ1v) is 9.64. The zero-order valence-corrected chi connectivity index (χ0v) is 17.2. The van der Waals surface area contributed by atoms with Crippen LogP contribution in [0, 0.1) is 11.3 Å². The molecule has 0 spiro atoms. The summed E-state index contributed by atoms with van der Waals surface area (Å²) in [6, 6.07) is 8.73. The lowest BCUT2D eigenvalue weighted by molar-refractivity contribution is 0.0860. The highest BCUT2D eigenvalue weighted by atomic mass is 19.1. The third-order valence-corrected chi connectivity index (χ3v) is 4.68. The van der Waals surface area contributed by atoms with Crippen LogP contribution in [0.5, 0.6) is 5.75 Å². The van der Waals surface area contributed by atoms with Crippen LogP contribution in [0.2, 0.25) is 0 Å². The maximum Gasteiger partial charge on any atom is 0.437 e. The fourth-order valence-electron chi connectivity index (χ4n) is 3.18. The minimum absolute atomic E-state index is 0.00550. The second kappa shape index (κ2) is 8.46. The number of hydrogen-bond donors (Lipinski definition) is 0. The number of fused-ring (bicyclic) bond motifs is 1. The maximum atomic E-state index is 12.9. The van der Waals surface area contributed by atoms with Crippen LogP contribution in [0.25, 0.3) is 11.0 Å². The molecule has 3 aromatic heterocycles. The van der Waals surface area contributed by atoms with Crippen molar-refractivity contribution in [3.8, 4) is 11.8 Å². The zero-order valence-electron chi connectivity index (χ0n) is 17.2. The van der Waals surface area contributed by atoms with Gasteiger partial charge in [0.1, 0.15) is 23.9 Å². The highest BCUT2D eigenvalue weighted by Crippen LogP contribution is 2.15. The molecule has 0 aliphatic rings. The van der Waals surface area contributed by atoms with Crippen molar-refractivity contribution in [2.24, 2.45) is 7.05 Å². The second-order valence-electron chi connectivity index (χ2n) is 7.02. The molecule has 0 fully saturated rings. The van der Waals surface area contributed by atoms with Crippen LogP contribution in [-0.4, -0.2) is 35.5 Å². The summed E-state index contributed by atoms with van der Waals surface area (Å²) < 4.78 is 26.7. The summed E-state index contributed by atoms with van der Waals surface area (Å²) >= 11 is 0. The van der Waals surface area contributed by atoms with Crippen molar-refractivity contribution >= 4 is 11.0 Å². The van der Waals surface area contributed by atoms with Gasteiger partial charge in [-0.3, -0.25) is 4.79 Å². The van der Waals surface area contributed by atoms with Gasteiger partial charge in [0.05, 0.1) is 12.9 Å². The molecule has 1 aromatic carbocycles. The van der Waals surface area contributed by atoms with Crippen LogP contribution < -0.4 is 16.1 Å². The minimum atomic E-state index is -1.40. The predicted octanol–water partition coefficient (Wildman–Crippen LogP) is 1.14. The van der Waals surface area contributed by atoms with Gasteiger partial charge in [-0.25, -0.2) is 18.9 Å². The van der Waals surface area contributed by atoms with Gasteiger partial charge in [-0.15, -0.1) is 5.10 Å². The van der Waals surface area contributed by atoms with Gasteiger partial charge in [0.2, 0.25) is 12.2 Å². The number of nitriles is 1. The predicted molar refractivity (Wildman–Crippen MR) is 109 cm³/mol. The van der Waals surface area contributed by atoms with Crippen molar-refractivity contribution in [3.63, 3.8) is 0 Å². The Hall–Kier alpha value is -4.27. The van der Waals surface area contributed by atoms with Crippen molar-refractivity contribution < 1.29 is 13.5 Å². The van der Waals surface area contributed by atoms with E-state index in [-0.39, 0.29) is 41.3 Å². The number of hydrogen-bond acceptors (Lipinski definition) is 8. The molecule has 1 atom stereocenters. The van der Waals surface area contributed by atoms with Gasteiger partial charge in [-0.2, -0.15) is 15.0 Å². The zero-order chi connectivity index (χ0) is 22.8. The van der Waals surface area contributed by atoms with Crippen LogP contribution in [-0.2, 0) is 26.6 Å². The van der Waals surface area contributed by atoms with E-state index in [4.69, 9.17) is 9.15 Å². The Kier molecular flexibility index (Phi) is 5.55. The SMILES string of the molecule is CC(F)Oc1ccc(CCn2nc(Cn3nc(C#N)c4ncn(C)c(=O)c43)oc2=O)cc1. The Morgan fingerprint density at radius 1 is 1.22 bits per heavy atom. The second-order valence-corrected chi connectivity index (χ2v) is 7.02. The molecule has 0 N–H and O–H groups in total. The molecule has 0 radical (unpaired) electrons. The van der Waals surface area contributed by atoms with Crippen molar-refractivity contribution in [3.05, 3.63) is 68.6 Å². The molecular weight excluding hydrogens is 421 g/mol. The van der Waals surface area contributed by atoms with Gasteiger partial charge in [-0.05, 0) is 24.1 Å². The molecule has 0 saturated heterocycles. The summed E-state index contributed by atoms with van der Waals surface area (Å²) in [6.07, 6.45) is 0.383. The summed E-state index contributed by atoms with van der Waals surface area (Å²) in [6.45, 7) is 1.42. The average molecular weight is 439 g/mol. The molecule has 12 heteroatoms. The molecule has 4 rings (SSSR count). The van der Waals surface area contributed by atoms with Crippen LogP contribution >= 0.6 is 0 Å². The number of rotatable bonds is 7. The first kappa shape index (κ1) is 21.0. The molecule has 3 heterocycles. The van der Waals surface area contributed by atoms with E-state index in [0.717, 1.165) is 10.2 Å². The number of aryl methyl sites for hydroxylation is 3. The molecule has 32 heavy (non-hydrogen) atoms. The monoisotopic (exact) mass is 439 g/mol. The first-order chi connectivity index (χ1) is 15.4. The fourth-order valence-corrected chi connectivity index (χ4v) is 3.18. The molecule has 4 aromatic rings. The maximum absolute atomic E-state index is 12.9. The van der Waals surface area contributed by atoms with Crippen molar-refractivity contribution in [1.82, 2.24) is 29.1 Å². The minimum Gasteiger partial charge on any atom is -0.461 e. The summed E-state index contributed by atoms with van der Waals surface area (Å²) in [5.41, 5.74) is 0.793. The van der Waals surface area contributed by atoms with E-state index in [1.54, 1.807) is 24.3 Å². The van der Waals surface area contributed by atoms with Gasteiger partial charge >= 0.3 is 5.76 Å². The number of ether oxygens (including phenoxy) is 1. The quantitative estimate of drug-likeness (QED) is 0.418. The molecule has 0 amide bonds. The van der Waals surface area contributed by atoms with Crippen molar-refractivity contribution in [2.45, 2.75) is 32.8 Å². The van der Waals surface area contributed by atoms with Crippen LogP contribution in [0.4, 0.5) is 4.39 Å². The molecule has 0 aliphatic heterocycles. The number of nitrogens with zero attached hydrogens (tertiary/aromatic N) is 7. The van der Waals surface area contributed by atoms with Gasteiger partial charge in [-0.1, -0.05) is 12.1 Å². The normalized spacial score (nSPS) is 12.1. The molecule has 0 saturated carbocycles. The summed E-state index contributed by atoms with van der Waals surface area (Å²) in [7, 11) is 1.53. The summed E-state index contributed by atoms with van der Waals surface area (Å²) in [4.78, 5) is 28.8. The van der Waals surface area contributed by atoms with Gasteiger partial charge in [0.15, 0.2) is 11.2 Å². The Morgan fingerprint density at radius 3 is 2.66 bits per heavy atom. The van der Waals surface area contributed by atoms with E-state index in [9.17, 15) is 19.2 Å². The van der Waals surface area contributed by atoms with Gasteiger partial charge in [0.25, 0.3) is 5.56 Å². The Balaban J connectivity index is 1.52. The lowest BCUT2D eigenvalue weighted by Gasteiger charge is -2.07. The van der Waals surface area contributed by atoms with E-state index in [2.05, 4.69) is 15.2 Å². The molecule has 0 aliphatic carbocycles. The van der Waals surface area contributed by atoms with Crippen molar-refractivity contribution in [2.75, 3.05) is 0 Å². The Morgan fingerprint density at radius 2 is 1.97 bits per heavy atom. The summed E-state index contributed by atoms with van der Waals surface area (Å²) in [5.74, 6) is -0.210. The lowest BCUT2D eigenvalue weighted by atomic mass is 10.1. The van der Waals surface area contributed by atoms with Gasteiger partial charge < -0.3 is 13.7 Å². The van der Waals surface area contributed by atoms with E-state index in [1.807, 2.05) is 6.07 Å². The molecule has 11 nitrogen and oxygen atoms in total. The van der Waals surface area contributed by atoms with E-state index in [1.165, 1.54) is 29.5 Å². The van der Waals surface area contributed by atoms with Crippen LogP contribution in [0.3, 0.4) is 0 Å². The Labute approximate surface area is 179 Å². The summed E-state index contributed by atoms with van der Waals surface area (Å²) in [5, 5.41) is 17.5. The third-order valence-electron chi connectivity index (χ3n) is 4.68. The van der Waals surface area contributed by atoms with Crippen molar-refractivity contribution in [1.29, 1.82) is 5.26 Å². The standard InChI is InChI=1S/C20H18FN7O4/c1-12(21)31-14-5-3-13(4-6-14)7-8-27-20(30)32-16(25-27)10-28-18-17(15(9-22)24-28)23-11-26(2)19(18)29/h3-6,11-12H,7-8,10H2,1-2H3. The van der Waals surface area contributed by atoms with Crippen LogP contribution in [0.15, 0.2) is 44.6 Å².